The van der Waals surface area contributed by atoms with E-state index in [9.17, 15) is 0 Å². The van der Waals surface area contributed by atoms with Crippen molar-refractivity contribution in [1.82, 2.24) is 0 Å². The topological polar surface area (TPSA) is 35.1 Å². The van der Waals surface area contributed by atoms with Gasteiger partial charge in [-0.15, -0.1) is 0 Å². The highest BCUT2D eigenvalue weighted by Crippen LogP contribution is 2.27. The summed E-state index contributed by atoms with van der Waals surface area (Å²) < 4.78 is 11.2. The van der Waals surface area contributed by atoms with Gasteiger partial charge in [0.1, 0.15) is 6.10 Å². The molecular weight excluding hydrogens is 190 g/mol. The van der Waals surface area contributed by atoms with Gasteiger partial charge in [-0.1, -0.05) is 12.1 Å². The Hall–Kier alpha value is -1.22. The van der Waals surface area contributed by atoms with Gasteiger partial charge in [-0.2, -0.15) is 0 Å². The molecular formula is C12H18NO2+. The number of ether oxygens (including phenoxy) is 2. The lowest BCUT2D eigenvalue weighted by Crippen LogP contribution is -2.86. The van der Waals surface area contributed by atoms with Gasteiger partial charge in [-0.25, -0.2) is 0 Å². The van der Waals surface area contributed by atoms with Crippen LogP contribution in [-0.4, -0.2) is 26.3 Å². The van der Waals surface area contributed by atoms with Crippen molar-refractivity contribution in [3.8, 4) is 11.5 Å². The summed E-state index contributed by atoms with van der Waals surface area (Å²) in [7, 11) is 1.68. The summed E-state index contributed by atoms with van der Waals surface area (Å²) in [6.45, 7) is 2.33. The smallest absolute Gasteiger partial charge is 0.161 e. The predicted octanol–water partition coefficient (Wildman–Crippen LogP) is 0.800. The van der Waals surface area contributed by atoms with Gasteiger partial charge in [0.2, 0.25) is 0 Å². The number of benzene rings is 1. The first kappa shape index (κ1) is 10.3. The zero-order chi connectivity index (χ0) is 10.5. The van der Waals surface area contributed by atoms with E-state index in [1.165, 1.54) is 13.1 Å². The summed E-state index contributed by atoms with van der Waals surface area (Å²) in [5.41, 5.74) is 0. The van der Waals surface area contributed by atoms with Gasteiger partial charge in [0, 0.05) is 12.8 Å². The summed E-state index contributed by atoms with van der Waals surface area (Å²) >= 11 is 0. The van der Waals surface area contributed by atoms with Crippen LogP contribution in [0.2, 0.25) is 0 Å². The van der Waals surface area contributed by atoms with E-state index in [0.29, 0.717) is 6.10 Å². The van der Waals surface area contributed by atoms with Gasteiger partial charge in [-0.3, -0.25) is 0 Å². The lowest BCUT2D eigenvalue weighted by Gasteiger charge is -2.22. The maximum atomic E-state index is 5.93. The molecule has 0 unspecified atom stereocenters. The number of hydrogen-bond acceptors (Lipinski definition) is 2. The van der Waals surface area contributed by atoms with E-state index < -0.39 is 0 Å². The van der Waals surface area contributed by atoms with E-state index in [2.05, 4.69) is 5.32 Å². The van der Waals surface area contributed by atoms with E-state index in [1.807, 2.05) is 24.3 Å². The average Bonchev–Trinajstić information content (AvgIpc) is 2.31. The molecule has 1 aromatic carbocycles. The van der Waals surface area contributed by atoms with Crippen LogP contribution in [0.3, 0.4) is 0 Å². The van der Waals surface area contributed by atoms with E-state index in [1.54, 1.807) is 7.11 Å². The van der Waals surface area contributed by atoms with E-state index in [-0.39, 0.29) is 0 Å². The zero-order valence-corrected chi connectivity index (χ0v) is 9.11. The fourth-order valence-electron chi connectivity index (χ4n) is 1.91. The van der Waals surface area contributed by atoms with Crippen LogP contribution in [0, 0.1) is 0 Å². The third-order valence-corrected chi connectivity index (χ3v) is 2.75. The molecule has 0 saturated carbocycles. The van der Waals surface area contributed by atoms with Crippen LogP contribution in [0.25, 0.3) is 0 Å². The number of nitrogens with two attached hydrogens (primary N) is 1. The lowest BCUT2D eigenvalue weighted by atomic mass is 10.1. The second kappa shape index (κ2) is 5.03. The molecule has 0 bridgehead atoms. The summed E-state index contributed by atoms with van der Waals surface area (Å²) in [6.07, 6.45) is 2.60. The van der Waals surface area contributed by atoms with Crippen molar-refractivity contribution >= 4 is 0 Å². The Kier molecular flexibility index (Phi) is 3.45. The Morgan fingerprint density at radius 3 is 2.47 bits per heavy atom. The van der Waals surface area contributed by atoms with Crippen LogP contribution < -0.4 is 14.8 Å². The van der Waals surface area contributed by atoms with Crippen LogP contribution in [0.4, 0.5) is 0 Å². The number of para-hydroxylation sites is 2. The van der Waals surface area contributed by atoms with E-state index in [4.69, 9.17) is 9.47 Å². The number of quaternary nitrogens is 1. The van der Waals surface area contributed by atoms with Crippen LogP contribution in [0.5, 0.6) is 11.5 Å². The average molecular weight is 208 g/mol. The Balaban J connectivity index is 2.02. The highest BCUT2D eigenvalue weighted by molar-refractivity contribution is 5.39. The normalized spacial score (nSPS) is 17.4. The summed E-state index contributed by atoms with van der Waals surface area (Å²) in [5.74, 6) is 1.69. The van der Waals surface area contributed by atoms with Gasteiger partial charge in [0.15, 0.2) is 11.5 Å². The first-order valence-corrected chi connectivity index (χ1v) is 5.51. The van der Waals surface area contributed by atoms with Crippen molar-refractivity contribution in [2.24, 2.45) is 0 Å². The molecule has 1 heterocycles. The first-order valence-electron chi connectivity index (χ1n) is 5.51. The van der Waals surface area contributed by atoms with Crippen molar-refractivity contribution in [1.29, 1.82) is 0 Å². The Bertz CT molecular complexity index is 308. The Labute approximate surface area is 90.4 Å². The minimum Gasteiger partial charge on any atom is -0.493 e. The monoisotopic (exact) mass is 208 g/mol. The minimum atomic E-state index is 0.353. The zero-order valence-electron chi connectivity index (χ0n) is 9.11. The standard InChI is InChI=1S/C12H17NO2/c1-14-11-4-2-3-5-12(11)15-10-6-8-13-9-7-10/h2-5,10,13H,6-9H2,1H3/p+1. The molecule has 15 heavy (non-hydrogen) atoms. The molecule has 0 atom stereocenters. The molecule has 2 rings (SSSR count). The molecule has 3 nitrogen and oxygen atoms in total. The largest absolute Gasteiger partial charge is 0.493 e. The Morgan fingerprint density at radius 2 is 1.80 bits per heavy atom. The number of piperidine rings is 1. The molecule has 1 fully saturated rings. The molecule has 0 aliphatic carbocycles. The first-order chi connectivity index (χ1) is 7.40. The molecule has 1 aliphatic heterocycles. The summed E-state index contributed by atoms with van der Waals surface area (Å²) in [6, 6.07) is 7.84. The van der Waals surface area contributed by atoms with Crippen LogP contribution in [0.15, 0.2) is 24.3 Å². The van der Waals surface area contributed by atoms with Gasteiger partial charge >= 0.3 is 0 Å². The van der Waals surface area contributed by atoms with Crippen molar-refractivity contribution in [3.63, 3.8) is 0 Å². The number of methoxy groups -OCH3 is 1. The lowest BCUT2D eigenvalue weighted by molar-refractivity contribution is -0.664. The third kappa shape index (κ3) is 2.63. The third-order valence-electron chi connectivity index (χ3n) is 2.75. The van der Waals surface area contributed by atoms with Crippen LogP contribution in [0.1, 0.15) is 12.8 Å². The van der Waals surface area contributed by atoms with Gasteiger partial charge in [0.05, 0.1) is 20.2 Å². The quantitative estimate of drug-likeness (QED) is 0.797. The highest BCUT2D eigenvalue weighted by Gasteiger charge is 2.18. The number of rotatable bonds is 3. The molecule has 2 N–H and O–H groups in total. The summed E-state index contributed by atoms with van der Waals surface area (Å²) in [4.78, 5) is 0. The Morgan fingerprint density at radius 1 is 1.13 bits per heavy atom. The molecule has 0 amide bonds. The maximum absolute atomic E-state index is 5.93. The molecule has 82 valence electrons. The fourth-order valence-corrected chi connectivity index (χ4v) is 1.91. The second-order valence-electron chi connectivity index (χ2n) is 3.83. The van der Waals surface area contributed by atoms with Crippen molar-refractivity contribution in [3.05, 3.63) is 24.3 Å². The molecule has 1 saturated heterocycles. The highest BCUT2D eigenvalue weighted by atomic mass is 16.5. The molecule has 3 heteroatoms. The second-order valence-corrected chi connectivity index (χ2v) is 3.83. The van der Waals surface area contributed by atoms with E-state index >= 15 is 0 Å². The molecule has 0 aromatic heterocycles. The van der Waals surface area contributed by atoms with Crippen molar-refractivity contribution in [2.75, 3.05) is 20.2 Å². The minimum absolute atomic E-state index is 0.353. The molecule has 0 radical (unpaired) electrons. The fraction of sp³-hybridized carbons (Fsp3) is 0.500. The van der Waals surface area contributed by atoms with Crippen LogP contribution in [-0.2, 0) is 0 Å². The van der Waals surface area contributed by atoms with E-state index in [0.717, 1.165) is 24.3 Å². The predicted molar refractivity (Wildman–Crippen MR) is 58.3 cm³/mol. The molecule has 0 spiro atoms. The van der Waals surface area contributed by atoms with Crippen molar-refractivity contribution < 1.29 is 14.8 Å². The number of hydrogen-bond donors (Lipinski definition) is 1. The maximum Gasteiger partial charge on any atom is 0.161 e. The van der Waals surface area contributed by atoms with Crippen molar-refractivity contribution in [2.45, 2.75) is 18.9 Å². The molecule has 1 aromatic rings. The van der Waals surface area contributed by atoms with Crippen LogP contribution >= 0.6 is 0 Å². The van der Waals surface area contributed by atoms with Gasteiger partial charge in [0.25, 0.3) is 0 Å². The van der Waals surface area contributed by atoms with Gasteiger partial charge < -0.3 is 14.8 Å². The summed E-state index contributed by atoms with van der Waals surface area (Å²) in [5, 5.41) is 2.34. The van der Waals surface area contributed by atoms with Gasteiger partial charge in [-0.05, 0) is 12.1 Å². The molecule has 1 aliphatic rings. The SMILES string of the molecule is COc1ccccc1OC1CC[NH2+]CC1.